The summed E-state index contributed by atoms with van der Waals surface area (Å²) in [7, 11) is -2.23. The van der Waals surface area contributed by atoms with Gasteiger partial charge in [0.25, 0.3) is 10.0 Å². The Kier molecular flexibility index (Phi) is 3.94. The third kappa shape index (κ3) is 2.74. The zero-order chi connectivity index (χ0) is 15.1. The number of halogens is 2. The molecule has 10 heteroatoms. The van der Waals surface area contributed by atoms with Crippen molar-refractivity contribution in [1.29, 1.82) is 0 Å². The lowest BCUT2D eigenvalue weighted by Gasteiger charge is -2.08. The van der Waals surface area contributed by atoms with E-state index in [1.165, 1.54) is 16.9 Å². The molecule has 0 saturated heterocycles. The van der Waals surface area contributed by atoms with E-state index in [4.69, 9.17) is 17.3 Å². The predicted molar refractivity (Wildman–Crippen MR) is 80.1 cm³/mol. The van der Waals surface area contributed by atoms with Gasteiger partial charge in [-0.15, -0.1) is 0 Å². The third-order valence-corrected chi connectivity index (χ3v) is 5.30. The summed E-state index contributed by atoms with van der Waals surface area (Å²) < 4.78 is 28.9. The number of sulfonamides is 1. The molecule has 0 spiro atoms. The highest BCUT2D eigenvalue weighted by atomic mass is 79.9. The number of nitrogens with two attached hydrogens (primary N) is 1. The van der Waals surface area contributed by atoms with E-state index < -0.39 is 10.0 Å². The van der Waals surface area contributed by atoms with Crippen LogP contribution in [0.4, 0.5) is 11.5 Å². The average Bonchev–Trinajstić information content (AvgIpc) is 2.58. The minimum atomic E-state index is -3.85. The van der Waals surface area contributed by atoms with E-state index in [1.54, 1.807) is 14.0 Å². The molecule has 0 aliphatic heterocycles. The molecule has 3 N–H and O–H groups in total. The summed E-state index contributed by atoms with van der Waals surface area (Å²) in [6.45, 7) is 1.62. The number of rotatable bonds is 3. The van der Waals surface area contributed by atoms with Crippen molar-refractivity contribution < 1.29 is 8.42 Å². The van der Waals surface area contributed by atoms with Crippen LogP contribution in [0.15, 0.2) is 21.6 Å². The molecule has 0 bridgehead atoms. The number of nitrogens with one attached hydrogen (secondary N) is 1. The lowest BCUT2D eigenvalue weighted by Crippen LogP contribution is -2.15. The molecule has 0 aromatic carbocycles. The second-order valence-electron chi connectivity index (χ2n) is 4.03. The fourth-order valence-corrected chi connectivity index (χ4v) is 3.44. The molecule has 2 rings (SSSR count). The Labute approximate surface area is 129 Å². The summed E-state index contributed by atoms with van der Waals surface area (Å²) in [6, 6.07) is 1.51. The van der Waals surface area contributed by atoms with Crippen LogP contribution in [-0.4, -0.2) is 23.2 Å². The van der Waals surface area contributed by atoms with E-state index in [0.717, 1.165) is 0 Å². The highest BCUT2D eigenvalue weighted by Crippen LogP contribution is 2.27. The fourth-order valence-electron chi connectivity index (χ4n) is 1.63. The molecule has 0 aliphatic carbocycles. The standard InChI is InChI=1S/C10H11BrClN5O2S/c1-5-8(10(13)15-17(5)2)20(18,19)16-6-3-7(11)9(12)14-4-6/h3-4,16H,1-2H3,(H2,13,15). The zero-order valence-corrected chi connectivity index (χ0v) is 13.7. The van der Waals surface area contributed by atoms with E-state index >= 15 is 0 Å². The van der Waals surface area contributed by atoms with Gasteiger partial charge in [-0.05, 0) is 28.9 Å². The van der Waals surface area contributed by atoms with Gasteiger partial charge in [0, 0.05) is 7.05 Å². The maximum atomic E-state index is 12.3. The minimum Gasteiger partial charge on any atom is -0.381 e. The van der Waals surface area contributed by atoms with Crippen LogP contribution in [0.25, 0.3) is 0 Å². The maximum absolute atomic E-state index is 12.3. The molecule has 108 valence electrons. The van der Waals surface area contributed by atoms with Crippen molar-refractivity contribution in [3.05, 3.63) is 27.6 Å². The number of nitrogen functional groups attached to an aromatic ring is 1. The summed E-state index contributed by atoms with van der Waals surface area (Å²) in [6.07, 6.45) is 1.31. The van der Waals surface area contributed by atoms with Crippen LogP contribution in [0.3, 0.4) is 0 Å². The Balaban J connectivity index is 2.43. The Morgan fingerprint density at radius 3 is 2.65 bits per heavy atom. The minimum absolute atomic E-state index is 0.0499. The Bertz CT molecular complexity index is 774. The first-order valence-corrected chi connectivity index (χ1v) is 8.00. The normalized spacial score (nSPS) is 11.6. The molecule has 2 aromatic rings. The fraction of sp³-hybridized carbons (Fsp3) is 0.200. The van der Waals surface area contributed by atoms with Crippen LogP contribution in [0.2, 0.25) is 5.15 Å². The van der Waals surface area contributed by atoms with Crippen molar-refractivity contribution in [2.45, 2.75) is 11.8 Å². The van der Waals surface area contributed by atoms with Gasteiger partial charge in [0.15, 0.2) is 10.7 Å². The monoisotopic (exact) mass is 379 g/mol. The molecule has 20 heavy (non-hydrogen) atoms. The third-order valence-electron chi connectivity index (χ3n) is 2.62. The van der Waals surface area contributed by atoms with Gasteiger partial charge in [0.2, 0.25) is 0 Å². The molecule has 0 amide bonds. The van der Waals surface area contributed by atoms with Crippen LogP contribution in [-0.2, 0) is 17.1 Å². The van der Waals surface area contributed by atoms with E-state index in [0.29, 0.717) is 10.2 Å². The van der Waals surface area contributed by atoms with E-state index in [9.17, 15) is 8.42 Å². The van der Waals surface area contributed by atoms with Crippen LogP contribution < -0.4 is 10.5 Å². The van der Waals surface area contributed by atoms with Crippen molar-refractivity contribution >= 4 is 49.1 Å². The van der Waals surface area contributed by atoms with Gasteiger partial charge in [0.05, 0.1) is 22.1 Å². The molecule has 2 aromatic heterocycles. The largest absolute Gasteiger partial charge is 0.381 e. The lowest BCUT2D eigenvalue weighted by molar-refractivity contribution is 0.600. The first kappa shape index (κ1) is 15.1. The lowest BCUT2D eigenvalue weighted by atomic mass is 10.4. The number of aryl methyl sites for hydroxylation is 1. The molecule has 0 radical (unpaired) electrons. The maximum Gasteiger partial charge on any atom is 0.267 e. The molecular formula is C10H11BrClN5O2S. The quantitative estimate of drug-likeness (QED) is 0.792. The number of hydrogen-bond acceptors (Lipinski definition) is 5. The average molecular weight is 381 g/mol. The molecular weight excluding hydrogens is 370 g/mol. The Morgan fingerprint density at radius 2 is 2.15 bits per heavy atom. The number of nitrogens with zero attached hydrogens (tertiary/aromatic N) is 3. The molecule has 0 unspecified atom stereocenters. The van der Waals surface area contributed by atoms with Crippen molar-refractivity contribution in [3.63, 3.8) is 0 Å². The molecule has 7 nitrogen and oxygen atoms in total. The van der Waals surface area contributed by atoms with Gasteiger partial charge in [-0.2, -0.15) is 5.10 Å². The van der Waals surface area contributed by atoms with Crippen molar-refractivity contribution in [2.75, 3.05) is 10.5 Å². The van der Waals surface area contributed by atoms with Gasteiger partial charge in [-0.1, -0.05) is 11.6 Å². The summed E-state index contributed by atoms with van der Waals surface area (Å²) in [5.74, 6) is -0.0570. The first-order valence-electron chi connectivity index (χ1n) is 5.35. The van der Waals surface area contributed by atoms with Crippen molar-refractivity contribution in [1.82, 2.24) is 14.8 Å². The summed E-state index contributed by atoms with van der Waals surface area (Å²) in [4.78, 5) is 3.80. The highest BCUT2D eigenvalue weighted by Gasteiger charge is 2.25. The topological polar surface area (TPSA) is 103 Å². The number of anilines is 2. The van der Waals surface area contributed by atoms with Crippen LogP contribution in [0, 0.1) is 6.92 Å². The first-order chi connectivity index (χ1) is 9.22. The molecule has 0 aliphatic rings. The van der Waals surface area contributed by atoms with Gasteiger partial charge in [-0.3, -0.25) is 9.40 Å². The van der Waals surface area contributed by atoms with Gasteiger partial charge in [-0.25, -0.2) is 13.4 Å². The van der Waals surface area contributed by atoms with Gasteiger partial charge in [0.1, 0.15) is 5.15 Å². The van der Waals surface area contributed by atoms with Crippen molar-refractivity contribution in [2.24, 2.45) is 7.05 Å². The smallest absolute Gasteiger partial charge is 0.267 e. The van der Waals surface area contributed by atoms with Gasteiger partial charge < -0.3 is 5.73 Å². The molecule has 0 atom stereocenters. The molecule has 0 fully saturated rings. The second kappa shape index (κ2) is 5.23. The second-order valence-corrected chi connectivity index (χ2v) is 6.86. The predicted octanol–water partition coefficient (Wildman–Crippen LogP) is 1.92. The van der Waals surface area contributed by atoms with E-state index in [1.807, 2.05) is 0 Å². The Morgan fingerprint density at radius 1 is 1.50 bits per heavy atom. The summed E-state index contributed by atoms with van der Waals surface area (Å²) >= 11 is 8.93. The number of hydrogen-bond donors (Lipinski definition) is 2. The summed E-state index contributed by atoms with van der Waals surface area (Å²) in [5.41, 5.74) is 6.35. The van der Waals surface area contributed by atoms with Crippen LogP contribution in [0.1, 0.15) is 5.69 Å². The SMILES string of the molecule is Cc1c(S(=O)(=O)Nc2cnc(Cl)c(Br)c2)c(N)nn1C. The number of pyridine rings is 1. The zero-order valence-electron chi connectivity index (χ0n) is 10.6. The van der Waals surface area contributed by atoms with E-state index in [-0.39, 0.29) is 21.6 Å². The summed E-state index contributed by atoms with van der Waals surface area (Å²) in [5, 5.41) is 4.12. The highest BCUT2D eigenvalue weighted by molar-refractivity contribution is 9.10. The van der Waals surface area contributed by atoms with Crippen molar-refractivity contribution in [3.8, 4) is 0 Å². The van der Waals surface area contributed by atoms with Crippen LogP contribution >= 0.6 is 27.5 Å². The van der Waals surface area contributed by atoms with Crippen LogP contribution in [0.5, 0.6) is 0 Å². The number of aromatic nitrogens is 3. The van der Waals surface area contributed by atoms with E-state index in [2.05, 4.69) is 30.7 Å². The Hall–Kier alpha value is -1.32. The molecule has 2 heterocycles. The van der Waals surface area contributed by atoms with Gasteiger partial charge >= 0.3 is 0 Å². The molecule has 0 saturated carbocycles.